The van der Waals surface area contributed by atoms with Crippen molar-refractivity contribution in [1.29, 1.82) is 0 Å². The van der Waals surface area contributed by atoms with Crippen molar-refractivity contribution >= 4 is 17.5 Å². The number of halogens is 1. The standard InChI is InChI=1S/C17H23ClN2O2/c1-11-2-3-13(8-15(11)18)17(22)19-16-10-20(6-7-21)9-14(16)12-4-5-12/h2-3,8,12,14,16,21H,4-7,9-10H2,1H3,(H,19,22)/t14-,16+/m1/s1. The molecule has 2 N–H and O–H groups in total. The highest BCUT2D eigenvalue weighted by molar-refractivity contribution is 6.31. The molecule has 0 unspecified atom stereocenters. The Morgan fingerprint density at radius 3 is 2.82 bits per heavy atom. The van der Waals surface area contributed by atoms with E-state index in [1.807, 2.05) is 19.1 Å². The maximum absolute atomic E-state index is 12.5. The van der Waals surface area contributed by atoms with Crippen molar-refractivity contribution in [3.8, 4) is 0 Å². The lowest BCUT2D eigenvalue weighted by atomic mass is 9.97. The van der Waals surface area contributed by atoms with Crippen LogP contribution in [0.5, 0.6) is 0 Å². The number of aliphatic hydroxyl groups excluding tert-OH is 1. The Bertz CT molecular complexity index is 560. The van der Waals surface area contributed by atoms with Crippen LogP contribution in [0.3, 0.4) is 0 Å². The molecule has 3 rings (SSSR count). The fraction of sp³-hybridized carbons (Fsp3) is 0.588. The number of nitrogens with zero attached hydrogens (tertiary/aromatic N) is 1. The van der Waals surface area contributed by atoms with Crippen LogP contribution in [-0.4, -0.2) is 48.2 Å². The minimum atomic E-state index is -0.0524. The average Bonchev–Trinajstić information content (AvgIpc) is 3.25. The van der Waals surface area contributed by atoms with E-state index in [1.54, 1.807) is 6.07 Å². The van der Waals surface area contributed by atoms with Gasteiger partial charge in [0.05, 0.1) is 6.61 Å². The van der Waals surface area contributed by atoms with Gasteiger partial charge in [-0.05, 0) is 49.3 Å². The second-order valence-electron chi connectivity index (χ2n) is 6.53. The Labute approximate surface area is 136 Å². The number of β-amino-alcohol motifs (C(OH)–C–C–N with tert-alkyl or cyclic N) is 1. The molecule has 1 aromatic rings. The van der Waals surface area contributed by atoms with E-state index in [-0.39, 0.29) is 18.6 Å². The Morgan fingerprint density at radius 2 is 2.18 bits per heavy atom. The van der Waals surface area contributed by atoms with Crippen LogP contribution in [0, 0.1) is 18.8 Å². The SMILES string of the molecule is Cc1ccc(C(=O)N[C@H]2CN(CCO)C[C@@H]2C2CC2)cc1Cl. The van der Waals surface area contributed by atoms with Gasteiger partial charge >= 0.3 is 0 Å². The van der Waals surface area contributed by atoms with Crippen molar-refractivity contribution in [2.45, 2.75) is 25.8 Å². The zero-order chi connectivity index (χ0) is 15.7. The van der Waals surface area contributed by atoms with Crippen molar-refractivity contribution in [2.75, 3.05) is 26.2 Å². The van der Waals surface area contributed by atoms with E-state index < -0.39 is 0 Å². The van der Waals surface area contributed by atoms with Gasteiger partial charge in [-0.1, -0.05) is 17.7 Å². The van der Waals surface area contributed by atoms with Crippen LogP contribution in [0.25, 0.3) is 0 Å². The lowest BCUT2D eigenvalue weighted by Crippen LogP contribution is -2.41. The second-order valence-corrected chi connectivity index (χ2v) is 6.94. The molecule has 4 nitrogen and oxygen atoms in total. The molecule has 1 aromatic carbocycles. The average molecular weight is 323 g/mol. The number of aryl methyl sites for hydroxylation is 1. The van der Waals surface area contributed by atoms with E-state index in [1.165, 1.54) is 12.8 Å². The molecule has 0 aromatic heterocycles. The summed E-state index contributed by atoms with van der Waals surface area (Å²) in [4.78, 5) is 14.7. The number of aliphatic hydroxyl groups is 1. The van der Waals surface area contributed by atoms with Gasteiger partial charge in [-0.25, -0.2) is 0 Å². The first-order chi connectivity index (χ1) is 10.6. The summed E-state index contributed by atoms with van der Waals surface area (Å²) in [5.41, 5.74) is 1.59. The minimum absolute atomic E-state index is 0.0524. The highest BCUT2D eigenvalue weighted by atomic mass is 35.5. The van der Waals surface area contributed by atoms with Gasteiger partial charge in [0.25, 0.3) is 5.91 Å². The molecule has 0 spiro atoms. The first-order valence-corrected chi connectivity index (χ1v) is 8.36. The fourth-order valence-corrected chi connectivity index (χ4v) is 3.56. The van der Waals surface area contributed by atoms with Crippen LogP contribution in [-0.2, 0) is 0 Å². The lowest BCUT2D eigenvalue weighted by molar-refractivity contribution is 0.0928. The van der Waals surface area contributed by atoms with Gasteiger partial charge in [0.1, 0.15) is 0 Å². The zero-order valence-corrected chi connectivity index (χ0v) is 13.6. The lowest BCUT2D eigenvalue weighted by Gasteiger charge is -2.19. The first-order valence-electron chi connectivity index (χ1n) is 7.98. The summed E-state index contributed by atoms with van der Waals surface area (Å²) in [6.45, 7) is 4.59. The predicted molar refractivity (Wildman–Crippen MR) is 87.2 cm³/mol. The number of benzene rings is 1. The molecule has 1 amide bonds. The number of carbonyl (C=O) groups is 1. The Kier molecular flexibility index (Phi) is 4.71. The van der Waals surface area contributed by atoms with Crippen molar-refractivity contribution in [3.05, 3.63) is 34.3 Å². The van der Waals surface area contributed by atoms with Gasteiger partial charge in [-0.15, -0.1) is 0 Å². The summed E-state index contributed by atoms with van der Waals surface area (Å²) in [5.74, 6) is 1.19. The molecule has 1 saturated heterocycles. The van der Waals surface area contributed by atoms with Gasteiger partial charge in [0.2, 0.25) is 0 Å². The van der Waals surface area contributed by atoms with E-state index >= 15 is 0 Å². The van der Waals surface area contributed by atoms with Gasteiger partial charge < -0.3 is 10.4 Å². The van der Waals surface area contributed by atoms with E-state index in [0.29, 0.717) is 23.0 Å². The van der Waals surface area contributed by atoms with Gasteiger partial charge in [-0.2, -0.15) is 0 Å². The van der Waals surface area contributed by atoms with Gasteiger partial charge in [0.15, 0.2) is 0 Å². The molecule has 0 bridgehead atoms. The number of hydrogen-bond donors (Lipinski definition) is 2. The van der Waals surface area contributed by atoms with Crippen LogP contribution >= 0.6 is 11.6 Å². The summed E-state index contributed by atoms with van der Waals surface area (Å²) in [5, 5.41) is 12.9. The summed E-state index contributed by atoms with van der Waals surface area (Å²) in [6, 6.07) is 5.61. The number of likely N-dealkylation sites (tertiary alicyclic amines) is 1. The van der Waals surface area contributed by atoms with Gasteiger partial charge in [0, 0.05) is 36.3 Å². The molecule has 2 atom stereocenters. The predicted octanol–water partition coefficient (Wildman–Crippen LogP) is 2.08. The van der Waals surface area contributed by atoms with Crippen LogP contribution in [0.1, 0.15) is 28.8 Å². The van der Waals surface area contributed by atoms with Crippen molar-refractivity contribution in [3.63, 3.8) is 0 Å². The highest BCUT2D eigenvalue weighted by Gasteiger charge is 2.42. The largest absolute Gasteiger partial charge is 0.395 e. The van der Waals surface area contributed by atoms with E-state index in [9.17, 15) is 4.79 Å². The van der Waals surface area contributed by atoms with E-state index in [2.05, 4.69) is 10.2 Å². The number of rotatable bonds is 5. The first kappa shape index (κ1) is 15.8. The fourth-order valence-electron chi connectivity index (χ4n) is 3.38. The monoisotopic (exact) mass is 322 g/mol. The smallest absolute Gasteiger partial charge is 0.251 e. The molecular formula is C17H23ClN2O2. The second kappa shape index (κ2) is 6.57. The molecule has 1 saturated carbocycles. The van der Waals surface area contributed by atoms with Crippen molar-refractivity contribution in [2.24, 2.45) is 11.8 Å². The number of nitrogens with one attached hydrogen (secondary N) is 1. The normalized spacial score (nSPS) is 25.4. The quantitative estimate of drug-likeness (QED) is 0.872. The molecule has 2 fully saturated rings. The number of carbonyl (C=O) groups excluding carboxylic acids is 1. The molecule has 120 valence electrons. The third kappa shape index (κ3) is 3.45. The Balaban J connectivity index is 1.67. The van der Waals surface area contributed by atoms with E-state index in [0.717, 1.165) is 24.6 Å². The minimum Gasteiger partial charge on any atom is -0.395 e. The third-order valence-corrected chi connectivity index (χ3v) is 5.24. The zero-order valence-electron chi connectivity index (χ0n) is 12.9. The highest BCUT2D eigenvalue weighted by Crippen LogP contribution is 2.41. The van der Waals surface area contributed by atoms with Crippen LogP contribution in [0.2, 0.25) is 5.02 Å². The molecule has 1 aliphatic carbocycles. The summed E-state index contributed by atoms with van der Waals surface area (Å²) < 4.78 is 0. The molecule has 5 heteroatoms. The molecule has 1 heterocycles. The van der Waals surface area contributed by atoms with Crippen LogP contribution < -0.4 is 5.32 Å². The number of hydrogen-bond acceptors (Lipinski definition) is 3. The Morgan fingerprint density at radius 1 is 1.41 bits per heavy atom. The third-order valence-electron chi connectivity index (χ3n) is 4.83. The molecule has 2 aliphatic rings. The molecule has 0 radical (unpaired) electrons. The summed E-state index contributed by atoms with van der Waals surface area (Å²) in [6.07, 6.45) is 2.53. The molecular weight excluding hydrogens is 300 g/mol. The van der Waals surface area contributed by atoms with E-state index in [4.69, 9.17) is 16.7 Å². The topological polar surface area (TPSA) is 52.6 Å². The molecule has 1 aliphatic heterocycles. The van der Waals surface area contributed by atoms with Crippen LogP contribution in [0.4, 0.5) is 0 Å². The van der Waals surface area contributed by atoms with Gasteiger partial charge in [-0.3, -0.25) is 9.69 Å². The molecule has 22 heavy (non-hydrogen) atoms. The van der Waals surface area contributed by atoms with Crippen LogP contribution in [0.15, 0.2) is 18.2 Å². The Hall–Kier alpha value is -1.10. The number of amides is 1. The maximum atomic E-state index is 12.5. The maximum Gasteiger partial charge on any atom is 0.251 e. The van der Waals surface area contributed by atoms with Crippen molar-refractivity contribution in [1.82, 2.24) is 10.2 Å². The summed E-state index contributed by atoms with van der Waals surface area (Å²) >= 11 is 6.11. The summed E-state index contributed by atoms with van der Waals surface area (Å²) in [7, 11) is 0. The van der Waals surface area contributed by atoms with Crippen molar-refractivity contribution < 1.29 is 9.90 Å².